The van der Waals surface area contributed by atoms with Crippen molar-refractivity contribution in [1.29, 1.82) is 0 Å². The molecule has 1 atom stereocenters. The maximum Gasteiger partial charge on any atom is 0.168 e. The van der Waals surface area contributed by atoms with Gasteiger partial charge in [0.05, 0.1) is 17.3 Å². The summed E-state index contributed by atoms with van der Waals surface area (Å²) < 4.78 is 1.85. The first-order valence-corrected chi connectivity index (χ1v) is 7.57. The molecule has 1 aliphatic carbocycles. The molecule has 4 rings (SSSR count). The van der Waals surface area contributed by atoms with E-state index < -0.39 is 0 Å². The number of nitrogens with zero attached hydrogens (tertiary/aromatic N) is 4. The number of hydrogen-bond donors (Lipinski definition) is 1. The molecule has 5 nitrogen and oxygen atoms in total. The first-order chi connectivity index (χ1) is 10.9. The highest BCUT2D eigenvalue weighted by Gasteiger charge is 2.15. The number of anilines is 1. The van der Waals surface area contributed by atoms with Gasteiger partial charge in [0.2, 0.25) is 0 Å². The smallest absolute Gasteiger partial charge is 0.168 e. The molecule has 22 heavy (non-hydrogen) atoms. The summed E-state index contributed by atoms with van der Waals surface area (Å²) in [4.78, 5) is 8.81. The van der Waals surface area contributed by atoms with Crippen LogP contribution < -0.4 is 5.32 Å². The zero-order chi connectivity index (χ0) is 14.8. The van der Waals surface area contributed by atoms with Crippen LogP contribution in [-0.2, 0) is 0 Å². The third-order valence-electron chi connectivity index (χ3n) is 3.98. The first-order valence-electron chi connectivity index (χ1n) is 7.57. The Morgan fingerprint density at radius 2 is 2.00 bits per heavy atom. The minimum atomic E-state index is 0.433. The third-order valence-corrected chi connectivity index (χ3v) is 3.98. The zero-order valence-corrected chi connectivity index (χ0v) is 12.2. The van der Waals surface area contributed by atoms with E-state index in [1.165, 1.54) is 0 Å². The largest absolute Gasteiger partial charge is 0.366 e. The lowest BCUT2D eigenvalue weighted by molar-refractivity contribution is 0.643. The van der Waals surface area contributed by atoms with Crippen LogP contribution in [0.15, 0.2) is 55.0 Å². The van der Waals surface area contributed by atoms with Crippen molar-refractivity contribution in [3.8, 4) is 5.69 Å². The number of benzene rings is 1. The maximum absolute atomic E-state index is 4.48. The summed E-state index contributed by atoms with van der Waals surface area (Å²) in [5.74, 6) is 0.868. The van der Waals surface area contributed by atoms with Crippen molar-refractivity contribution in [2.75, 3.05) is 5.32 Å². The van der Waals surface area contributed by atoms with Gasteiger partial charge < -0.3 is 5.32 Å². The fourth-order valence-corrected chi connectivity index (χ4v) is 2.84. The molecule has 1 unspecified atom stereocenters. The number of aromatic nitrogens is 4. The van der Waals surface area contributed by atoms with Crippen LogP contribution in [-0.4, -0.2) is 25.8 Å². The predicted octanol–water partition coefficient (Wildman–Crippen LogP) is 3.34. The summed E-state index contributed by atoms with van der Waals surface area (Å²) in [5.41, 5.74) is 1.83. The topological polar surface area (TPSA) is 55.6 Å². The molecule has 0 saturated heterocycles. The number of para-hydroxylation sites is 1. The van der Waals surface area contributed by atoms with Gasteiger partial charge in [-0.05, 0) is 31.4 Å². The summed E-state index contributed by atoms with van der Waals surface area (Å²) in [7, 11) is 0. The normalized spacial score (nSPS) is 17.7. The molecule has 0 fully saturated rings. The van der Waals surface area contributed by atoms with E-state index in [1.807, 2.05) is 41.2 Å². The highest BCUT2D eigenvalue weighted by molar-refractivity contribution is 5.87. The van der Waals surface area contributed by atoms with Gasteiger partial charge in [-0.15, -0.1) is 0 Å². The average Bonchev–Trinajstić information content (AvgIpc) is 3.02. The third kappa shape index (κ3) is 2.35. The fourth-order valence-electron chi connectivity index (χ4n) is 2.84. The Kier molecular flexibility index (Phi) is 3.31. The van der Waals surface area contributed by atoms with E-state index in [1.54, 1.807) is 6.33 Å². The predicted molar refractivity (Wildman–Crippen MR) is 87.1 cm³/mol. The van der Waals surface area contributed by atoms with E-state index in [2.05, 4.69) is 32.5 Å². The summed E-state index contributed by atoms with van der Waals surface area (Å²) >= 11 is 0. The van der Waals surface area contributed by atoms with Gasteiger partial charge in [0.25, 0.3) is 0 Å². The Bertz CT molecular complexity index is 806. The minimum Gasteiger partial charge on any atom is -0.366 e. The van der Waals surface area contributed by atoms with Crippen molar-refractivity contribution in [2.45, 2.75) is 25.3 Å². The second-order valence-corrected chi connectivity index (χ2v) is 5.48. The molecular formula is C17H17N5. The van der Waals surface area contributed by atoms with E-state index in [9.17, 15) is 0 Å². The summed E-state index contributed by atoms with van der Waals surface area (Å²) in [5, 5.41) is 8.97. The van der Waals surface area contributed by atoms with E-state index in [-0.39, 0.29) is 0 Å². The van der Waals surface area contributed by atoms with Gasteiger partial charge >= 0.3 is 0 Å². The van der Waals surface area contributed by atoms with Gasteiger partial charge in [-0.1, -0.05) is 30.4 Å². The number of allylic oxidation sites excluding steroid dienone is 1. The van der Waals surface area contributed by atoms with Gasteiger partial charge in [-0.2, -0.15) is 5.10 Å². The molecule has 0 amide bonds. The Hall–Kier alpha value is -2.69. The quantitative estimate of drug-likeness (QED) is 0.752. The fraction of sp³-hybridized carbons (Fsp3) is 0.235. The van der Waals surface area contributed by atoms with Gasteiger partial charge in [-0.3, -0.25) is 0 Å². The van der Waals surface area contributed by atoms with Crippen LogP contribution in [0, 0.1) is 0 Å². The van der Waals surface area contributed by atoms with Crippen molar-refractivity contribution < 1.29 is 0 Å². The molecule has 2 heterocycles. The van der Waals surface area contributed by atoms with E-state index in [0.29, 0.717) is 6.04 Å². The molecule has 1 aromatic carbocycles. The van der Waals surface area contributed by atoms with Crippen molar-refractivity contribution in [3.63, 3.8) is 0 Å². The molecule has 0 aliphatic heterocycles. The molecular weight excluding hydrogens is 274 g/mol. The molecule has 110 valence electrons. The van der Waals surface area contributed by atoms with Crippen molar-refractivity contribution in [2.24, 2.45) is 0 Å². The number of nitrogens with one attached hydrogen (secondary N) is 1. The summed E-state index contributed by atoms with van der Waals surface area (Å²) in [6.45, 7) is 0. The molecule has 0 spiro atoms. The maximum atomic E-state index is 4.48. The Labute approximate surface area is 128 Å². The van der Waals surface area contributed by atoms with Crippen LogP contribution >= 0.6 is 0 Å². The van der Waals surface area contributed by atoms with Gasteiger partial charge in [0.1, 0.15) is 12.1 Å². The van der Waals surface area contributed by atoms with E-state index in [4.69, 9.17) is 0 Å². The van der Waals surface area contributed by atoms with Gasteiger partial charge in [0.15, 0.2) is 5.65 Å². The van der Waals surface area contributed by atoms with Crippen molar-refractivity contribution >= 4 is 16.9 Å². The molecule has 1 N–H and O–H groups in total. The minimum absolute atomic E-state index is 0.433. The van der Waals surface area contributed by atoms with Crippen LogP contribution in [0.5, 0.6) is 0 Å². The monoisotopic (exact) mass is 291 g/mol. The SMILES string of the molecule is C1=CCC(Nc2ncnc3c2cnn3-c2ccccc2)CC1. The lowest BCUT2D eigenvalue weighted by Gasteiger charge is -2.20. The molecule has 1 aliphatic rings. The average molecular weight is 291 g/mol. The van der Waals surface area contributed by atoms with Crippen LogP contribution in [0.3, 0.4) is 0 Å². The number of fused-ring (bicyclic) bond motifs is 1. The highest BCUT2D eigenvalue weighted by atomic mass is 15.3. The zero-order valence-electron chi connectivity index (χ0n) is 12.2. The van der Waals surface area contributed by atoms with Gasteiger partial charge in [0, 0.05) is 6.04 Å². The molecule has 0 saturated carbocycles. The van der Waals surface area contributed by atoms with E-state index >= 15 is 0 Å². The standard InChI is InChI=1S/C17H17N5/c1-3-7-13(8-4-1)21-16-15-11-20-22(17(15)19-12-18-16)14-9-5-2-6-10-14/h1-3,5-6,9-13H,4,7-8H2,(H,18,19,21). The lowest BCUT2D eigenvalue weighted by atomic mass is 10.0. The molecule has 0 bridgehead atoms. The summed E-state index contributed by atoms with van der Waals surface area (Å²) in [6.07, 6.45) is 11.2. The Balaban J connectivity index is 1.72. The van der Waals surface area contributed by atoms with Crippen LogP contribution in [0.25, 0.3) is 16.7 Å². The number of hydrogen-bond acceptors (Lipinski definition) is 4. The summed E-state index contributed by atoms with van der Waals surface area (Å²) in [6, 6.07) is 10.5. The van der Waals surface area contributed by atoms with Crippen LogP contribution in [0.4, 0.5) is 5.82 Å². The Morgan fingerprint density at radius 3 is 2.82 bits per heavy atom. The molecule has 0 radical (unpaired) electrons. The molecule has 3 aromatic rings. The van der Waals surface area contributed by atoms with E-state index in [0.717, 1.165) is 41.8 Å². The lowest BCUT2D eigenvalue weighted by Crippen LogP contribution is -2.21. The highest BCUT2D eigenvalue weighted by Crippen LogP contribution is 2.24. The Morgan fingerprint density at radius 1 is 1.09 bits per heavy atom. The first kappa shape index (κ1) is 13.0. The second kappa shape index (κ2) is 5.60. The van der Waals surface area contributed by atoms with Crippen molar-refractivity contribution in [1.82, 2.24) is 19.7 Å². The second-order valence-electron chi connectivity index (χ2n) is 5.48. The van der Waals surface area contributed by atoms with Crippen molar-refractivity contribution in [3.05, 3.63) is 55.0 Å². The molecule has 2 aromatic heterocycles. The molecule has 5 heteroatoms. The number of rotatable bonds is 3. The van der Waals surface area contributed by atoms with Crippen LogP contribution in [0.1, 0.15) is 19.3 Å². The van der Waals surface area contributed by atoms with Gasteiger partial charge in [-0.25, -0.2) is 14.6 Å². The van der Waals surface area contributed by atoms with Crippen LogP contribution in [0.2, 0.25) is 0 Å².